The molecule has 0 saturated heterocycles. The lowest BCUT2D eigenvalue weighted by atomic mass is 9.96. The number of nitrogens with two attached hydrogens (primary N) is 1. The Hall–Kier alpha value is -5.43. The molecule has 4 aromatic rings. The Bertz CT molecular complexity index is 2490. The van der Waals surface area contributed by atoms with Crippen LogP contribution in [-0.4, -0.2) is 74.6 Å². The highest BCUT2D eigenvalue weighted by atomic mass is 35.5. The van der Waals surface area contributed by atoms with E-state index in [4.69, 9.17) is 71.5 Å². The number of aromatic hydroxyl groups is 1. The quantitative estimate of drug-likeness (QED) is 0.0282. The smallest absolute Gasteiger partial charge is 0.508 e. The number of benzene rings is 4. The summed E-state index contributed by atoms with van der Waals surface area (Å²) in [4.78, 5) is 53.3. The first-order valence-electron chi connectivity index (χ1n) is 24.2. The summed E-state index contributed by atoms with van der Waals surface area (Å²) in [5.74, 6) is 3.11. The number of hydrogen-bond acceptors (Lipinski definition) is 16. The zero-order chi connectivity index (χ0) is 55.6. The van der Waals surface area contributed by atoms with Gasteiger partial charge in [-0.05, 0) is 140 Å². The Morgan fingerprint density at radius 1 is 0.520 bits per heavy atom. The van der Waals surface area contributed by atoms with Crippen molar-refractivity contribution in [2.75, 3.05) is 41.3 Å². The van der Waals surface area contributed by atoms with E-state index in [9.17, 15) is 34.4 Å². The van der Waals surface area contributed by atoms with Crippen molar-refractivity contribution in [3.05, 3.63) is 113 Å². The largest absolute Gasteiger partial charge is 0.513 e. The van der Waals surface area contributed by atoms with Crippen molar-refractivity contribution >= 4 is 93.3 Å². The minimum atomic E-state index is -0.902. The van der Waals surface area contributed by atoms with E-state index in [0.717, 1.165) is 85.8 Å². The van der Waals surface area contributed by atoms with E-state index < -0.39 is 28.8 Å². The van der Waals surface area contributed by atoms with Gasteiger partial charge in [-0.2, -0.15) is 0 Å². The second kappa shape index (κ2) is 33.6. The van der Waals surface area contributed by atoms with E-state index in [0.29, 0.717) is 50.7 Å². The molecule has 0 atom stereocenters. The number of nitrogen functional groups attached to an aromatic ring is 1. The summed E-state index contributed by atoms with van der Waals surface area (Å²) >= 11 is 28.4. The number of rotatable bonds is 8. The highest BCUT2D eigenvalue weighted by Gasteiger charge is 2.28. The van der Waals surface area contributed by atoms with Crippen LogP contribution in [0, 0.1) is 10.1 Å². The van der Waals surface area contributed by atoms with Crippen LogP contribution in [0.3, 0.4) is 0 Å². The van der Waals surface area contributed by atoms with Gasteiger partial charge in [-0.3, -0.25) is 10.1 Å². The molecule has 4 fully saturated rings. The maximum atomic E-state index is 11.3. The molecule has 22 heteroatoms. The van der Waals surface area contributed by atoms with Crippen molar-refractivity contribution in [2.45, 2.75) is 126 Å². The van der Waals surface area contributed by atoms with Crippen molar-refractivity contribution in [3.8, 4) is 23.0 Å². The number of nitro benzene ring substituents is 1. The average Bonchev–Trinajstić information content (AvgIpc) is 4.28. The number of hydrogen-bond donors (Lipinski definition) is 3. The first-order chi connectivity index (χ1) is 35.9. The van der Waals surface area contributed by atoms with Gasteiger partial charge in [0.05, 0.1) is 50.1 Å². The zero-order valence-corrected chi connectivity index (χ0v) is 46.3. The fraction of sp³-hybridized carbons (Fsp3) is 0.472. The number of nitro groups is 1. The Labute approximate surface area is 462 Å². The van der Waals surface area contributed by atoms with Gasteiger partial charge >= 0.3 is 23.9 Å². The normalized spacial score (nSPS) is 15.0. The van der Waals surface area contributed by atoms with Crippen LogP contribution >= 0.6 is 58.0 Å². The van der Waals surface area contributed by atoms with Crippen LogP contribution in [0.25, 0.3) is 0 Å². The third-order valence-corrected chi connectivity index (χ3v) is 14.0. The summed E-state index contributed by atoms with van der Waals surface area (Å²) in [5.41, 5.74) is 8.80. The van der Waals surface area contributed by atoms with Crippen LogP contribution in [0.5, 0.6) is 23.0 Å². The van der Waals surface area contributed by atoms with Crippen LogP contribution in [0.4, 0.5) is 30.6 Å². The number of aliphatic hydroxyl groups is 1. The summed E-state index contributed by atoms with van der Waals surface area (Å²) in [7, 11) is 5.97. The van der Waals surface area contributed by atoms with Gasteiger partial charge in [0.2, 0.25) is 0 Å². The van der Waals surface area contributed by atoms with Gasteiger partial charge in [0.25, 0.3) is 5.69 Å². The molecule has 0 bridgehead atoms. The topological polar surface area (TPSA) is 243 Å². The third kappa shape index (κ3) is 20.9. The van der Waals surface area contributed by atoms with Gasteiger partial charge in [-0.1, -0.05) is 97.8 Å². The Morgan fingerprint density at radius 2 is 0.853 bits per heavy atom. The zero-order valence-electron chi connectivity index (χ0n) is 42.5. The van der Waals surface area contributed by atoms with Crippen molar-refractivity contribution in [1.82, 2.24) is 0 Å². The van der Waals surface area contributed by atoms with E-state index in [1.165, 1.54) is 91.9 Å². The number of phenolic OH excluding ortho intramolecular Hbond substituents is 1. The predicted octanol–water partition coefficient (Wildman–Crippen LogP) is 16.2. The molecule has 75 heavy (non-hydrogen) atoms. The van der Waals surface area contributed by atoms with Crippen LogP contribution < -0.4 is 19.9 Å². The first-order valence-corrected chi connectivity index (χ1v) is 26.1. The number of methoxy groups -OCH3 is 4. The molecule has 0 amide bonds. The SMILES string of the molecule is CO.COC(=O)Cl.COC(=O)Oc1cc(N)c(Cl)cc1C1CCCC1.COC(=O)Oc1cc([N+](=O)[O-])c(Cl)cc1C1CCCC1.COC(=O)Oc1ccc(Cl)cc1C1CCCC1.Oc1ccc(Cl)cc1C1CCCC1. The molecule has 0 radical (unpaired) electrons. The average molecular weight is 1150 g/mol. The molecule has 17 nitrogen and oxygen atoms in total. The fourth-order valence-electron chi connectivity index (χ4n) is 9.22. The molecule has 412 valence electrons. The minimum Gasteiger partial charge on any atom is -0.508 e. The molecule has 4 aromatic carbocycles. The summed E-state index contributed by atoms with van der Waals surface area (Å²) in [5, 5.41) is 29.5. The summed E-state index contributed by atoms with van der Waals surface area (Å²) in [6, 6.07) is 16.7. The molecular weight excluding hydrogens is 1080 g/mol. The molecule has 4 aliphatic carbocycles. The van der Waals surface area contributed by atoms with E-state index in [-0.39, 0.29) is 22.4 Å². The Morgan fingerprint density at radius 3 is 1.24 bits per heavy atom. The van der Waals surface area contributed by atoms with Gasteiger partial charge in [0.15, 0.2) is 0 Å². The van der Waals surface area contributed by atoms with E-state index in [1.54, 1.807) is 36.4 Å². The van der Waals surface area contributed by atoms with Crippen LogP contribution in [-0.2, 0) is 18.9 Å². The number of carbonyl (C=O) groups is 4. The molecule has 0 aromatic heterocycles. The first kappa shape index (κ1) is 63.9. The lowest BCUT2D eigenvalue weighted by Gasteiger charge is -2.16. The van der Waals surface area contributed by atoms with Crippen LogP contribution in [0.15, 0.2) is 60.7 Å². The number of carbonyl (C=O) groups excluding carboxylic acids is 4. The minimum absolute atomic E-state index is 0.0501. The van der Waals surface area contributed by atoms with Crippen molar-refractivity contribution in [3.63, 3.8) is 0 Å². The van der Waals surface area contributed by atoms with Crippen LogP contribution in [0.1, 0.15) is 149 Å². The fourth-order valence-corrected chi connectivity index (χ4v) is 10.00. The molecule has 4 saturated carbocycles. The Kier molecular flexibility index (Phi) is 28.6. The van der Waals surface area contributed by atoms with E-state index >= 15 is 0 Å². The van der Waals surface area contributed by atoms with Gasteiger partial charge in [-0.25, -0.2) is 19.2 Å². The van der Waals surface area contributed by atoms with Gasteiger partial charge in [0, 0.05) is 40.4 Å². The maximum Gasteiger partial charge on any atom is 0.513 e. The second-order valence-corrected chi connectivity index (χ2v) is 19.4. The summed E-state index contributed by atoms with van der Waals surface area (Å²) < 4.78 is 32.6. The number of aliphatic hydroxyl groups excluding tert-OH is 1. The van der Waals surface area contributed by atoms with Crippen molar-refractivity contribution < 1.29 is 67.5 Å². The summed E-state index contributed by atoms with van der Waals surface area (Å²) in [6.45, 7) is 0. The maximum absolute atomic E-state index is 11.3. The van der Waals surface area contributed by atoms with Gasteiger partial charge < -0.3 is 49.1 Å². The number of nitrogens with zero attached hydrogens (tertiary/aromatic N) is 1. The molecule has 0 spiro atoms. The Balaban J connectivity index is 0.000000255. The van der Waals surface area contributed by atoms with Crippen LogP contribution in [0.2, 0.25) is 20.1 Å². The molecule has 4 aliphatic rings. The molecule has 4 N–H and O–H groups in total. The summed E-state index contributed by atoms with van der Waals surface area (Å²) in [6.07, 6.45) is 15.9. The van der Waals surface area contributed by atoms with E-state index in [2.05, 4.69) is 30.5 Å². The highest BCUT2D eigenvalue weighted by Crippen LogP contribution is 2.45. The standard InChI is InChI=1S/C13H14ClNO5.C13H16ClNO3.C13H15ClO3.C11H13ClO.C2H3ClO2.CH4O/c1-19-13(16)20-12-7-11(15(17)18)10(14)6-9(12)8-4-2-3-5-8;1-17-13(16)18-12-7-11(15)10(14)6-9(12)8-4-2-3-5-8;1-16-13(15)17-12-7-6-10(14)8-11(12)9-4-2-3-5-9;12-9-5-6-11(13)10(7-9)8-3-1-2-4-8;1-5-2(3)4;1-2/h6-8H,2-5H2,1H3;6-8H,2-5,15H2,1H3;6-9H,2-5H2,1H3;5-8,13H,1-4H2;1H3;2H,1H3. The monoisotopic (exact) mass is 1140 g/mol. The van der Waals surface area contributed by atoms with Crippen molar-refractivity contribution in [2.24, 2.45) is 0 Å². The van der Waals surface area contributed by atoms with Gasteiger partial charge in [-0.15, -0.1) is 0 Å². The van der Waals surface area contributed by atoms with Crippen molar-refractivity contribution in [1.29, 1.82) is 0 Å². The third-order valence-electron chi connectivity index (χ3n) is 12.8. The molecule has 0 heterocycles. The molecule has 0 unspecified atom stereocenters. The lowest BCUT2D eigenvalue weighted by Crippen LogP contribution is -2.10. The highest BCUT2D eigenvalue weighted by molar-refractivity contribution is 6.61. The van der Waals surface area contributed by atoms with Gasteiger partial charge in [0.1, 0.15) is 28.0 Å². The van der Waals surface area contributed by atoms with E-state index in [1.807, 2.05) is 12.1 Å². The predicted molar refractivity (Wildman–Crippen MR) is 289 cm³/mol. The number of halogens is 5. The molecule has 8 rings (SSSR count). The number of ether oxygens (including phenoxy) is 7. The lowest BCUT2D eigenvalue weighted by molar-refractivity contribution is -0.384. The number of anilines is 1. The number of phenols is 1. The second-order valence-electron chi connectivity index (χ2n) is 17.4. The molecular formula is C53H65Cl5N2O15. The molecule has 0 aliphatic heterocycles.